The first kappa shape index (κ1) is 13.1. The van der Waals surface area contributed by atoms with Gasteiger partial charge in [-0.2, -0.15) is 0 Å². The number of nitrogens with two attached hydrogens (primary N) is 1. The predicted octanol–water partition coefficient (Wildman–Crippen LogP) is 1.65. The van der Waals surface area contributed by atoms with Crippen molar-refractivity contribution in [3.8, 4) is 11.3 Å². The van der Waals surface area contributed by atoms with Crippen molar-refractivity contribution >= 4 is 5.69 Å². The first-order valence-electron chi connectivity index (χ1n) is 5.72. The van der Waals surface area contributed by atoms with Gasteiger partial charge < -0.3 is 10.8 Å². The molecule has 3 N–H and O–H groups in total. The van der Waals surface area contributed by atoms with Gasteiger partial charge >= 0.3 is 0 Å². The second-order valence-corrected chi connectivity index (χ2v) is 3.98. The van der Waals surface area contributed by atoms with E-state index < -0.39 is 11.0 Å². The molecule has 1 aromatic heterocycles. The lowest BCUT2D eigenvalue weighted by atomic mass is 10.1. The summed E-state index contributed by atoms with van der Waals surface area (Å²) in [4.78, 5) is 14.7. The third-order valence-electron chi connectivity index (χ3n) is 2.70. The molecule has 6 nitrogen and oxygen atoms in total. The highest BCUT2D eigenvalue weighted by Gasteiger charge is 2.19. The fourth-order valence-electron chi connectivity index (χ4n) is 1.73. The van der Waals surface area contributed by atoms with E-state index in [4.69, 9.17) is 5.73 Å². The highest BCUT2D eigenvalue weighted by atomic mass is 16.6. The van der Waals surface area contributed by atoms with Crippen molar-refractivity contribution in [1.29, 1.82) is 0 Å². The number of nitrogens with zero attached hydrogens (tertiary/aromatic N) is 2. The van der Waals surface area contributed by atoms with Crippen molar-refractivity contribution in [1.82, 2.24) is 4.98 Å². The van der Waals surface area contributed by atoms with Gasteiger partial charge in [0, 0.05) is 18.2 Å². The minimum absolute atomic E-state index is 0.0129. The molecule has 1 unspecified atom stereocenters. The molecule has 0 saturated carbocycles. The Bertz CT molecular complexity index is 587. The van der Waals surface area contributed by atoms with Gasteiger partial charge in [0.15, 0.2) is 0 Å². The molecule has 0 amide bonds. The van der Waals surface area contributed by atoms with Gasteiger partial charge in [0.25, 0.3) is 5.69 Å². The van der Waals surface area contributed by atoms with Crippen LogP contribution in [0.3, 0.4) is 0 Å². The van der Waals surface area contributed by atoms with E-state index in [2.05, 4.69) is 4.98 Å². The summed E-state index contributed by atoms with van der Waals surface area (Å²) in [6, 6.07) is 11.6. The van der Waals surface area contributed by atoms with Crippen molar-refractivity contribution < 1.29 is 10.0 Å². The smallest absolute Gasteiger partial charge is 0.295 e. The lowest BCUT2D eigenvalue weighted by Gasteiger charge is -2.09. The van der Waals surface area contributed by atoms with Crippen LogP contribution >= 0.6 is 0 Å². The van der Waals surface area contributed by atoms with Crippen LogP contribution < -0.4 is 5.73 Å². The zero-order valence-electron chi connectivity index (χ0n) is 10.1. The fourth-order valence-corrected chi connectivity index (χ4v) is 1.73. The standard InChI is InChI=1S/C13H13N3O3/c14-8-12(17)10-6-7-11(16(18)19)13(15-10)9-4-2-1-3-5-9/h1-7,12,17H,8,14H2. The summed E-state index contributed by atoms with van der Waals surface area (Å²) >= 11 is 0. The first-order chi connectivity index (χ1) is 9.13. The number of nitro groups is 1. The van der Waals surface area contributed by atoms with Gasteiger partial charge in [-0.1, -0.05) is 30.3 Å². The maximum Gasteiger partial charge on any atom is 0.295 e. The van der Waals surface area contributed by atoms with Crippen LogP contribution in [0.15, 0.2) is 42.5 Å². The lowest BCUT2D eigenvalue weighted by Crippen LogP contribution is -2.13. The highest BCUT2D eigenvalue weighted by molar-refractivity contribution is 5.69. The fraction of sp³-hybridized carbons (Fsp3) is 0.154. The minimum Gasteiger partial charge on any atom is -0.385 e. The van der Waals surface area contributed by atoms with E-state index in [9.17, 15) is 15.2 Å². The molecule has 2 rings (SSSR count). The Morgan fingerprint density at radius 1 is 1.26 bits per heavy atom. The van der Waals surface area contributed by atoms with Crippen molar-refractivity contribution in [3.05, 3.63) is 58.3 Å². The molecule has 1 aromatic carbocycles. The molecule has 1 heterocycles. The molecule has 0 spiro atoms. The summed E-state index contributed by atoms with van der Waals surface area (Å²) in [5.41, 5.74) is 6.45. The Labute approximate surface area is 109 Å². The Morgan fingerprint density at radius 3 is 2.53 bits per heavy atom. The van der Waals surface area contributed by atoms with Gasteiger partial charge in [-0.05, 0) is 6.07 Å². The molecule has 0 saturated heterocycles. The van der Waals surface area contributed by atoms with Crippen LogP contribution in [0, 0.1) is 10.1 Å². The maximum atomic E-state index is 11.0. The van der Waals surface area contributed by atoms with E-state index in [0.717, 1.165) is 0 Å². The average Bonchev–Trinajstić information content (AvgIpc) is 2.46. The lowest BCUT2D eigenvalue weighted by molar-refractivity contribution is -0.384. The quantitative estimate of drug-likeness (QED) is 0.642. The number of benzene rings is 1. The molecule has 0 bridgehead atoms. The topological polar surface area (TPSA) is 102 Å². The van der Waals surface area contributed by atoms with Crippen LogP contribution in [0.1, 0.15) is 11.8 Å². The number of aliphatic hydroxyl groups is 1. The summed E-state index contributed by atoms with van der Waals surface area (Å²) in [7, 11) is 0. The van der Waals surface area contributed by atoms with E-state index in [0.29, 0.717) is 11.3 Å². The Balaban J connectivity index is 2.58. The van der Waals surface area contributed by atoms with Crippen LogP contribution in [-0.4, -0.2) is 21.6 Å². The molecule has 0 aliphatic heterocycles. The number of hydrogen-bond acceptors (Lipinski definition) is 5. The molecule has 98 valence electrons. The SMILES string of the molecule is NCC(O)c1ccc([N+](=O)[O-])c(-c2ccccc2)n1. The maximum absolute atomic E-state index is 11.0. The minimum atomic E-state index is -0.928. The zero-order chi connectivity index (χ0) is 13.8. The Kier molecular flexibility index (Phi) is 3.84. The predicted molar refractivity (Wildman–Crippen MR) is 70.3 cm³/mol. The van der Waals surface area contributed by atoms with Crippen molar-refractivity contribution in [2.75, 3.05) is 6.54 Å². The summed E-state index contributed by atoms with van der Waals surface area (Å²) < 4.78 is 0. The van der Waals surface area contributed by atoms with E-state index in [1.165, 1.54) is 12.1 Å². The van der Waals surface area contributed by atoms with Crippen LogP contribution in [0.25, 0.3) is 11.3 Å². The van der Waals surface area contributed by atoms with Crippen molar-refractivity contribution in [2.45, 2.75) is 6.10 Å². The molecule has 0 aliphatic carbocycles. The van der Waals surface area contributed by atoms with Gasteiger partial charge in [0.05, 0.1) is 10.6 Å². The van der Waals surface area contributed by atoms with Crippen LogP contribution in [-0.2, 0) is 0 Å². The van der Waals surface area contributed by atoms with Gasteiger partial charge in [-0.3, -0.25) is 10.1 Å². The van der Waals surface area contributed by atoms with Crippen LogP contribution in [0.5, 0.6) is 0 Å². The normalized spacial score (nSPS) is 12.1. The van der Waals surface area contributed by atoms with Gasteiger partial charge in [-0.25, -0.2) is 4.98 Å². The van der Waals surface area contributed by atoms with Crippen LogP contribution in [0.2, 0.25) is 0 Å². The zero-order valence-corrected chi connectivity index (χ0v) is 10.1. The highest BCUT2D eigenvalue weighted by Crippen LogP contribution is 2.29. The van der Waals surface area contributed by atoms with E-state index in [1.807, 2.05) is 6.07 Å². The average molecular weight is 259 g/mol. The van der Waals surface area contributed by atoms with Crippen LogP contribution in [0.4, 0.5) is 5.69 Å². The molecular formula is C13H13N3O3. The number of hydrogen-bond donors (Lipinski definition) is 2. The summed E-state index contributed by atoms with van der Waals surface area (Å²) in [5.74, 6) is 0. The van der Waals surface area contributed by atoms with Crippen molar-refractivity contribution in [3.63, 3.8) is 0 Å². The Hall–Kier alpha value is -2.31. The summed E-state index contributed by atoms with van der Waals surface area (Å²) in [6.07, 6.45) is -0.928. The van der Waals surface area contributed by atoms with E-state index >= 15 is 0 Å². The molecule has 0 fully saturated rings. The molecule has 0 aliphatic rings. The molecule has 19 heavy (non-hydrogen) atoms. The molecular weight excluding hydrogens is 246 g/mol. The molecule has 2 aromatic rings. The molecule has 0 radical (unpaired) electrons. The number of aromatic nitrogens is 1. The van der Waals surface area contributed by atoms with Gasteiger partial charge in [0.2, 0.25) is 0 Å². The number of rotatable bonds is 4. The largest absolute Gasteiger partial charge is 0.385 e. The second-order valence-electron chi connectivity index (χ2n) is 3.98. The van der Waals surface area contributed by atoms with E-state index in [-0.39, 0.29) is 17.9 Å². The van der Waals surface area contributed by atoms with Gasteiger partial charge in [-0.15, -0.1) is 0 Å². The Morgan fingerprint density at radius 2 is 1.95 bits per heavy atom. The molecule has 6 heteroatoms. The number of aliphatic hydroxyl groups excluding tert-OH is 1. The third kappa shape index (κ3) is 2.75. The van der Waals surface area contributed by atoms with E-state index in [1.54, 1.807) is 24.3 Å². The monoisotopic (exact) mass is 259 g/mol. The summed E-state index contributed by atoms with van der Waals surface area (Å²) in [6.45, 7) is 0.0129. The summed E-state index contributed by atoms with van der Waals surface area (Å²) in [5, 5.41) is 20.7. The second kappa shape index (κ2) is 5.55. The van der Waals surface area contributed by atoms with Crippen molar-refractivity contribution in [2.24, 2.45) is 5.73 Å². The van der Waals surface area contributed by atoms with Gasteiger partial charge in [0.1, 0.15) is 11.8 Å². The molecule has 1 atom stereocenters. The third-order valence-corrected chi connectivity index (χ3v) is 2.70. The number of pyridine rings is 1. The first-order valence-corrected chi connectivity index (χ1v) is 5.72.